The van der Waals surface area contributed by atoms with Crippen LogP contribution in [0.25, 0.3) is 11.0 Å². The fourth-order valence-electron chi connectivity index (χ4n) is 1.92. The first-order chi connectivity index (χ1) is 11.5. The zero-order valence-corrected chi connectivity index (χ0v) is 14.8. The number of imidazole rings is 1. The van der Waals surface area contributed by atoms with Gasteiger partial charge < -0.3 is 4.98 Å². The first-order valence-electron chi connectivity index (χ1n) is 7.93. The second-order valence-corrected chi connectivity index (χ2v) is 5.77. The largest absolute Gasteiger partial charge is 0.324 e. The van der Waals surface area contributed by atoms with Crippen molar-refractivity contribution in [1.29, 1.82) is 0 Å². The van der Waals surface area contributed by atoms with Gasteiger partial charge in [0.2, 0.25) is 5.95 Å². The highest BCUT2D eigenvalue weighted by Gasteiger charge is 2.10. The number of aromatic amines is 1. The molecule has 1 aromatic carbocycles. The number of para-hydroxylation sites is 1. The summed E-state index contributed by atoms with van der Waals surface area (Å²) >= 11 is 6.04. The number of nitrogens with zero attached hydrogens (tertiary/aromatic N) is 2. The van der Waals surface area contributed by atoms with E-state index in [-0.39, 0.29) is 5.91 Å². The molecule has 2 aromatic heterocycles. The molecule has 24 heavy (non-hydrogen) atoms. The Balaban J connectivity index is 0.000000471. The number of fused-ring (bicyclic) bond motifs is 1. The number of halogens is 1. The third kappa shape index (κ3) is 4.55. The molecule has 3 aromatic rings. The topological polar surface area (TPSA) is 70.7 Å². The summed E-state index contributed by atoms with van der Waals surface area (Å²) < 4.78 is 0. The van der Waals surface area contributed by atoms with E-state index in [1.165, 1.54) is 12.8 Å². The smallest absolute Gasteiger partial charge is 0.258 e. The lowest BCUT2D eigenvalue weighted by molar-refractivity contribution is 0.102. The molecule has 0 aliphatic carbocycles. The second kappa shape index (κ2) is 8.45. The van der Waals surface area contributed by atoms with E-state index in [4.69, 9.17) is 11.6 Å². The first-order valence-corrected chi connectivity index (χ1v) is 8.31. The molecule has 0 saturated heterocycles. The van der Waals surface area contributed by atoms with Gasteiger partial charge in [0.1, 0.15) is 5.52 Å². The standard InChI is InChI=1S/C14H11ClN4O.C4H10/c1-8-7-9(5-6-16-8)13(20)19-14-17-11-4-2-3-10(15)12(11)18-14;1-3-4-2/h2-7H,1H3,(H2,17,18,19,20);3-4H2,1-2H3. The highest BCUT2D eigenvalue weighted by molar-refractivity contribution is 6.35. The number of hydrogen-bond donors (Lipinski definition) is 2. The number of aryl methyl sites for hydroxylation is 1. The Kier molecular flexibility index (Phi) is 6.32. The number of amides is 1. The lowest BCUT2D eigenvalue weighted by Crippen LogP contribution is -2.13. The predicted octanol–water partition coefficient (Wildman–Crippen LogP) is 4.98. The van der Waals surface area contributed by atoms with Crippen LogP contribution in [-0.4, -0.2) is 20.9 Å². The van der Waals surface area contributed by atoms with Crippen LogP contribution in [0, 0.1) is 6.92 Å². The van der Waals surface area contributed by atoms with Crippen molar-refractivity contribution in [2.45, 2.75) is 33.6 Å². The second-order valence-electron chi connectivity index (χ2n) is 5.36. The summed E-state index contributed by atoms with van der Waals surface area (Å²) in [6.45, 7) is 6.19. The molecular weight excluding hydrogens is 324 g/mol. The van der Waals surface area contributed by atoms with Crippen molar-refractivity contribution >= 4 is 34.5 Å². The monoisotopic (exact) mass is 344 g/mol. The van der Waals surface area contributed by atoms with E-state index in [2.05, 4.69) is 34.1 Å². The molecule has 0 unspecified atom stereocenters. The summed E-state index contributed by atoms with van der Waals surface area (Å²) in [4.78, 5) is 23.4. The summed E-state index contributed by atoms with van der Waals surface area (Å²) in [6.07, 6.45) is 4.24. The van der Waals surface area contributed by atoms with E-state index in [1.54, 1.807) is 24.4 Å². The molecule has 0 fully saturated rings. The maximum absolute atomic E-state index is 12.1. The maximum Gasteiger partial charge on any atom is 0.258 e. The van der Waals surface area contributed by atoms with E-state index in [9.17, 15) is 4.79 Å². The number of rotatable bonds is 3. The zero-order valence-electron chi connectivity index (χ0n) is 14.1. The molecule has 0 bridgehead atoms. The molecule has 0 radical (unpaired) electrons. The molecule has 126 valence electrons. The van der Waals surface area contributed by atoms with Gasteiger partial charge >= 0.3 is 0 Å². The van der Waals surface area contributed by atoms with Crippen molar-refractivity contribution in [3.05, 3.63) is 52.8 Å². The van der Waals surface area contributed by atoms with Gasteiger partial charge in [0, 0.05) is 17.5 Å². The van der Waals surface area contributed by atoms with Gasteiger partial charge in [-0.3, -0.25) is 15.1 Å². The Labute approximate surface area is 146 Å². The normalized spacial score (nSPS) is 10.2. The number of pyridine rings is 1. The van der Waals surface area contributed by atoms with E-state index in [0.717, 1.165) is 11.2 Å². The van der Waals surface area contributed by atoms with Gasteiger partial charge in [0.25, 0.3) is 5.91 Å². The summed E-state index contributed by atoms with van der Waals surface area (Å²) in [5.41, 5.74) is 2.73. The molecule has 0 aliphatic heterocycles. The van der Waals surface area contributed by atoms with Crippen LogP contribution in [-0.2, 0) is 0 Å². The van der Waals surface area contributed by atoms with Gasteiger partial charge in [0.05, 0.1) is 10.5 Å². The minimum absolute atomic E-state index is 0.245. The summed E-state index contributed by atoms with van der Waals surface area (Å²) in [7, 11) is 0. The van der Waals surface area contributed by atoms with Gasteiger partial charge in [-0.1, -0.05) is 44.4 Å². The number of nitrogens with one attached hydrogen (secondary N) is 2. The van der Waals surface area contributed by atoms with Gasteiger partial charge in [-0.2, -0.15) is 0 Å². The van der Waals surface area contributed by atoms with Crippen molar-refractivity contribution in [2.24, 2.45) is 0 Å². The lowest BCUT2D eigenvalue weighted by atomic mass is 10.2. The zero-order chi connectivity index (χ0) is 17.5. The molecule has 6 heteroatoms. The summed E-state index contributed by atoms with van der Waals surface area (Å²) in [5.74, 6) is 0.123. The molecule has 1 amide bonds. The molecule has 0 atom stereocenters. The highest BCUT2D eigenvalue weighted by atomic mass is 35.5. The Morgan fingerprint density at radius 2 is 2.00 bits per heavy atom. The van der Waals surface area contributed by atoms with Crippen LogP contribution in [0.2, 0.25) is 5.02 Å². The third-order valence-electron chi connectivity index (χ3n) is 3.35. The minimum Gasteiger partial charge on any atom is -0.324 e. The van der Waals surface area contributed by atoms with E-state index < -0.39 is 0 Å². The number of aromatic nitrogens is 3. The van der Waals surface area contributed by atoms with Gasteiger partial charge in [-0.05, 0) is 31.2 Å². The molecule has 5 nitrogen and oxygen atoms in total. The fourth-order valence-corrected chi connectivity index (χ4v) is 2.14. The summed E-state index contributed by atoms with van der Waals surface area (Å²) in [6, 6.07) is 8.78. The SMILES string of the molecule is CCCC.Cc1cc(C(=O)Nc2nc3c(Cl)cccc3[nH]2)ccn1. The quantitative estimate of drug-likeness (QED) is 0.704. The summed E-state index contributed by atoms with van der Waals surface area (Å²) in [5, 5.41) is 3.25. The average molecular weight is 345 g/mol. The van der Waals surface area contributed by atoms with Crippen LogP contribution in [0.15, 0.2) is 36.5 Å². The Morgan fingerprint density at radius 1 is 1.25 bits per heavy atom. The number of unbranched alkanes of at least 4 members (excludes halogenated alkanes) is 1. The Hall–Kier alpha value is -2.40. The molecule has 0 aliphatic rings. The fraction of sp³-hybridized carbons (Fsp3) is 0.278. The average Bonchev–Trinajstić information content (AvgIpc) is 2.99. The molecule has 3 rings (SSSR count). The third-order valence-corrected chi connectivity index (χ3v) is 3.66. The van der Waals surface area contributed by atoms with Crippen molar-refractivity contribution in [2.75, 3.05) is 5.32 Å². The number of hydrogen-bond acceptors (Lipinski definition) is 3. The van der Waals surface area contributed by atoms with Crippen LogP contribution in [0.5, 0.6) is 0 Å². The number of H-pyrrole nitrogens is 1. The van der Waals surface area contributed by atoms with Crippen molar-refractivity contribution < 1.29 is 4.79 Å². The van der Waals surface area contributed by atoms with Gasteiger partial charge in [-0.25, -0.2) is 4.98 Å². The van der Waals surface area contributed by atoms with Crippen LogP contribution in [0.1, 0.15) is 42.7 Å². The number of carbonyl (C=O) groups excluding carboxylic acids is 1. The molecular formula is C18H21ClN4O. The van der Waals surface area contributed by atoms with Crippen molar-refractivity contribution in [1.82, 2.24) is 15.0 Å². The first kappa shape index (κ1) is 17.9. The molecule has 2 N–H and O–H groups in total. The van der Waals surface area contributed by atoms with Crippen molar-refractivity contribution in [3.63, 3.8) is 0 Å². The van der Waals surface area contributed by atoms with E-state index in [0.29, 0.717) is 22.1 Å². The van der Waals surface area contributed by atoms with E-state index >= 15 is 0 Å². The molecule has 0 spiro atoms. The highest BCUT2D eigenvalue weighted by Crippen LogP contribution is 2.22. The van der Waals surface area contributed by atoms with Gasteiger partial charge in [-0.15, -0.1) is 0 Å². The Bertz CT molecular complexity index is 827. The molecule has 0 saturated carbocycles. The van der Waals surface area contributed by atoms with E-state index in [1.807, 2.05) is 19.1 Å². The minimum atomic E-state index is -0.245. The van der Waals surface area contributed by atoms with Crippen LogP contribution < -0.4 is 5.32 Å². The lowest BCUT2D eigenvalue weighted by Gasteiger charge is -2.01. The molecule has 2 heterocycles. The number of carbonyl (C=O) groups is 1. The van der Waals surface area contributed by atoms with Crippen LogP contribution in [0.4, 0.5) is 5.95 Å². The van der Waals surface area contributed by atoms with Gasteiger partial charge in [0.15, 0.2) is 0 Å². The number of anilines is 1. The maximum atomic E-state index is 12.1. The van der Waals surface area contributed by atoms with Crippen LogP contribution in [0.3, 0.4) is 0 Å². The van der Waals surface area contributed by atoms with Crippen molar-refractivity contribution in [3.8, 4) is 0 Å². The Morgan fingerprint density at radius 3 is 2.62 bits per heavy atom. The van der Waals surface area contributed by atoms with Crippen LogP contribution >= 0.6 is 11.6 Å². The number of benzene rings is 1. The predicted molar refractivity (Wildman–Crippen MR) is 98.6 cm³/mol.